The van der Waals surface area contributed by atoms with Crippen molar-refractivity contribution in [3.63, 3.8) is 0 Å². The lowest BCUT2D eigenvalue weighted by Crippen LogP contribution is -2.49. The van der Waals surface area contributed by atoms with Crippen LogP contribution in [0.2, 0.25) is 0 Å². The molecule has 0 radical (unpaired) electrons. The van der Waals surface area contributed by atoms with Crippen LogP contribution in [0.25, 0.3) is 10.8 Å². The summed E-state index contributed by atoms with van der Waals surface area (Å²) in [6, 6.07) is 17.2. The lowest BCUT2D eigenvalue weighted by Gasteiger charge is -2.34. The van der Waals surface area contributed by atoms with Gasteiger partial charge < -0.3 is 10.6 Å². The Kier molecular flexibility index (Phi) is 6.34. The number of nitrogens with zero attached hydrogens (tertiary/aromatic N) is 1. The molecule has 0 bridgehead atoms. The Labute approximate surface area is 205 Å². The first kappa shape index (κ1) is 23.5. The molecule has 2 amide bonds. The fourth-order valence-corrected chi connectivity index (χ4v) is 6.67. The Morgan fingerprint density at radius 2 is 1.54 bits per heavy atom. The Balaban J connectivity index is 1.55. The van der Waals surface area contributed by atoms with E-state index in [0.29, 0.717) is 48.0 Å². The van der Waals surface area contributed by atoms with Crippen LogP contribution in [-0.2, 0) is 14.8 Å². The number of carbonyl (C=O) groups is 2. The van der Waals surface area contributed by atoms with Crippen LogP contribution in [0.5, 0.6) is 0 Å². The van der Waals surface area contributed by atoms with Gasteiger partial charge >= 0.3 is 0 Å². The summed E-state index contributed by atoms with van der Waals surface area (Å²) in [6.45, 7) is 3.23. The minimum absolute atomic E-state index is 0.0922. The van der Waals surface area contributed by atoms with Crippen molar-refractivity contribution >= 4 is 38.3 Å². The smallest absolute Gasteiger partial charge is 0.267 e. The van der Waals surface area contributed by atoms with Gasteiger partial charge in [0.1, 0.15) is 0 Å². The Morgan fingerprint density at radius 1 is 0.886 bits per heavy atom. The second-order valence-electron chi connectivity index (χ2n) is 9.32. The maximum absolute atomic E-state index is 14.0. The molecule has 0 unspecified atom stereocenters. The first-order valence-corrected chi connectivity index (χ1v) is 13.5. The molecule has 7 nitrogen and oxygen atoms in total. The van der Waals surface area contributed by atoms with Crippen molar-refractivity contribution in [1.29, 1.82) is 0 Å². The van der Waals surface area contributed by atoms with Gasteiger partial charge in [0.05, 0.1) is 10.9 Å². The van der Waals surface area contributed by atoms with Crippen LogP contribution in [0.3, 0.4) is 0 Å². The first-order chi connectivity index (χ1) is 16.9. The highest BCUT2D eigenvalue weighted by Crippen LogP contribution is 2.38. The molecule has 1 aliphatic heterocycles. The molecule has 1 aliphatic carbocycles. The number of rotatable bonds is 6. The number of hydrogen-bond donors (Lipinski definition) is 2. The third-order valence-electron chi connectivity index (χ3n) is 6.84. The lowest BCUT2D eigenvalue weighted by molar-refractivity contribution is -0.129. The number of aryl methyl sites for hydroxylation is 1. The van der Waals surface area contributed by atoms with Crippen molar-refractivity contribution in [3.8, 4) is 0 Å². The molecule has 35 heavy (non-hydrogen) atoms. The third kappa shape index (κ3) is 4.56. The molecule has 8 heteroatoms. The Hall–Kier alpha value is -3.23. The second kappa shape index (κ2) is 9.43. The Morgan fingerprint density at radius 3 is 2.23 bits per heavy atom. The molecule has 2 aliphatic rings. The van der Waals surface area contributed by atoms with Crippen molar-refractivity contribution in [2.75, 3.05) is 18.4 Å². The molecule has 1 saturated carbocycles. The van der Waals surface area contributed by atoms with E-state index in [2.05, 4.69) is 10.6 Å². The summed E-state index contributed by atoms with van der Waals surface area (Å²) in [4.78, 5) is 26.3. The number of nitrogens with one attached hydrogen (secondary N) is 2. The van der Waals surface area contributed by atoms with Gasteiger partial charge in [-0.3, -0.25) is 9.59 Å². The van der Waals surface area contributed by atoms with Gasteiger partial charge in [0.2, 0.25) is 5.91 Å². The molecule has 3 aromatic carbocycles. The van der Waals surface area contributed by atoms with Gasteiger partial charge in [0, 0.05) is 27.9 Å². The second-order valence-corrected chi connectivity index (χ2v) is 11.1. The van der Waals surface area contributed by atoms with E-state index in [-0.39, 0.29) is 28.7 Å². The standard InChI is InChI=1S/C27H29N3O4S/c1-18-6-2-3-7-21(18)26(31)29-24-12-13-25(23-9-5-4-8-22(23)24)35(33,34)30(27(32)19-10-11-19)20-14-16-28-17-15-20/h2-9,12-13,19-20,28H,10-11,14-17H2,1H3,(H,29,31). The molecular formula is C27H29N3O4S. The third-order valence-corrected chi connectivity index (χ3v) is 8.75. The molecule has 3 aromatic rings. The molecule has 2 fully saturated rings. The zero-order chi connectivity index (χ0) is 24.6. The minimum Gasteiger partial charge on any atom is -0.321 e. The van der Waals surface area contributed by atoms with Crippen LogP contribution in [0.15, 0.2) is 65.6 Å². The van der Waals surface area contributed by atoms with Gasteiger partial charge in [-0.2, -0.15) is 0 Å². The van der Waals surface area contributed by atoms with E-state index in [0.717, 1.165) is 18.4 Å². The normalized spacial score (nSPS) is 16.7. The van der Waals surface area contributed by atoms with Crippen LogP contribution in [0, 0.1) is 12.8 Å². The van der Waals surface area contributed by atoms with Gasteiger partial charge in [-0.05, 0) is 69.5 Å². The number of benzene rings is 3. The molecule has 182 valence electrons. The highest BCUT2D eigenvalue weighted by atomic mass is 32.2. The zero-order valence-corrected chi connectivity index (χ0v) is 20.5. The molecule has 0 atom stereocenters. The van der Waals surface area contributed by atoms with Crippen LogP contribution in [-0.4, -0.2) is 43.7 Å². The van der Waals surface area contributed by atoms with Gasteiger partial charge in [-0.15, -0.1) is 0 Å². The van der Waals surface area contributed by atoms with Crippen LogP contribution in [0.4, 0.5) is 5.69 Å². The van der Waals surface area contributed by atoms with Crippen LogP contribution in [0.1, 0.15) is 41.6 Å². The highest BCUT2D eigenvalue weighted by Gasteiger charge is 2.43. The van der Waals surface area contributed by atoms with E-state index in [9.17, 15) is 18.0 Å². The van der Waals surface area contributed by atoms with Crippen molar-refractivity contribution in [3.05, 3.63) is 71.8 Å². The van der Waals surface area contributed by atoms with Crippen LogP contribution >= 0.6 is 0 Å². The molecule has 1 saturated heterocycles. The number of piperidine rings is 1. The summed E-state index contributed by atoms with van der Waals surface area (Å²) in [6.07, 6.45) is 2.67. The van der Waals surface area contributed by atoms with E-state index in [1.807, 2.05) is 31.2 Å². The predicted molar refractivity (Wildman–Crippen MR) is 136 cm³/mol. The van der Waals surface area contributed by atoms with E-state index in [4.69, 9.17) is 0 Å². The summed E-state index contributed by atoms with van der Waals surface area (Å²) >= 11 is 0. The van der Waals surface area contributed by atoms with Crippen molar-refractivity contribution in [2.24, 2.45) is 5.92 Å². The lowest BCUT2D eigenvalue weighted by atomic mass is 10.1. The molecule has 0 aromatic heterocycles. The van der Waals surface area contributed by atoms with E-state index in [1.54, 1.807) is 30.3 Å². The summed E-state index contributed by atoms with van der Waals surface area (Å²) in [7, 11) is -4.09. The average molecular weight is 492 g/mol. The molecule has 1 heterocycles. The number of carbonyl (C=O) groups excluding carboxylic acids is 2. The first-order valence-electron chi connectivity index (χ1n) is 12.1. The fourth-order valence-electron chi connectivity index (χ4n) is 4.77. The molecule has 2 N–H and O–H groups in total. The van der Waals surface area contributed by atoms with E-state index in [1.165, 1.54) is 10.4 Å². The SMILES string of the molecule is Cc1ccccc1C(=O)Nc1ccc(S(=O)(=O)N(C(=O)C2CC2)C2CCNCC2)c2ccccc12. The van der Waals surface area contributed by atoms with Gasteiger partial charge in [0.15, 0.2) is 0 Å². The summed E-state index contributed by atoms with van der Waals surface area (Å²) < 4.78 is 29.2. The quantitative estimate of drug-likeness (QED) is 0.542. The minimum atomic E-state index is -4.09. The summed E-state index contributed by atoms with van der Waals surface area (Å²) in [5, 5.41) is 7.28. The number of sulfonamides is 1. The maximum Gasteiger partial charge on any atom is 0.267 e. The number of hydrogen-bond acceptors (Lipinski definition) is 5. The van der Waals surface area contributed by atoms with E-state index >= 15 is 0 Å². The van der Waals surface area contributed by atoms with Crippen molar-refractivity contribution in [2.45, 2.75) is 43.5 Å². The van der Waals surface area contributed by atoms with Gasteiger partial charge in [-0.1, -0.05) is 42.5 Å². The zero-order valence-electron chi connectivity index (χ0n) is 19.7. The Bertz CT molecular complexity index is 1390. The number of fused-ring (bicyclic) bond motifs is 1. The topological polar surface area (TPSA) is 95.6 Å². The maximum atomic E-state index is 14.0. The highest BCUT2D eigenvalue weighted by molar-refractivity contribution is 7.90. The van der Waals surface area contributed by atoms with E-state index < -0.39 is 10.0 Å². The van der Waals surface area contributed by atoms with Gasteiger partial charge in [-0.25, -0.2) is 12.7 Å². The van der Waals surface area contributed by atoms with Crippen molar-refractivity contribution in [1.82, 2.24) is 9.62 Å². The predicted octanol–water partition coefficient (Wildman–Crippen LogP) is 4.08. The monoisotopic (exact) mass is 491 g/mol. The summed E-state index contributed by atoms with van der Waals surface area (Å²) in [5.74, 6) is -0.763. The molecule has 0 spiro atoms. The average Bonchev–Trinajstić information content (AvgIpc) is 3.71. The van der Waals surface area contributed by atoms with Gasteiger partial charge in [0.25, 0.3) is 15.9 Å². The molecular weight excluding hydrogens is 462 g/mol. The van der Waals surface area contributed by atoms with Crippen LogP contribution < -0.4 is 10.6 Å². The number of amides is 2. The summed E-state index contributed by atoms with van der Waals surface area (Å²) in [5.41, 5.74) is 1.93. The fraction of sp³-hybridized carbons (Fsp3) is 0.333. The molecule has 5 rings (SSSR count). The largest absolute Gasteiger partial charge is 0.321 e. The number of anilines is 1. The van der Waals surface area contributed by atoms with Crippen molar-refractivity contribution < 1.29 is 18.0 Å².